The van der Waals surface area contributed by atoms with Crippen molar-refractivity contribution in [3.8, 4) is 0 Å². The molecule has 1 aromatic rings. The molecule has 1 heterocycles. The Labute approximate surface area is 109 Å². The summed E-state index contributed by atoms with van der Waals surface area (Å²) in [6.45, 7) is 1.04. The van der Waals surface area contributed by atoms with E-state index in [2.05, 4.69) is 0 Å². The van der Waals surface area contributed by atoms with Crippen molar-refractivity contribution in [3.63, 3.8) is 0 Å². The summed E-state index contributed by atoms with van der Waals surface area (Å²) in [4.78, 5) is 13.8. The first-order valence-electron chi connectivity index (χ1n) is 6.48. The number of fused-ring (bicyclic) bond motifs is 1. The molecule has 0 aromatic heterocycles. The minimum atomic E-state index is -0.747. The van der Waals surface area contributed by atoms with Crippen molar-refractivity contribution < 1.29 is 18.7 Å². The van der Waals surface area contributed by atoms with E-state index < -0.39 is 11.6 Å². The molecule has 1 saturated heterocycles. The van der Waals surface area contributed by atoms with Gasteiger partial charge in [-0.2, -0.15) is 0 Å². The molecule has 3 atom stereocenters. The molecule has 0 radical (unpaired) electrons. The van der Waals surface area contributed by atoms with Crippen LogP contribution >= 0.6 is 0 Å². The maximum Gasteiger partial charge on any atom is 0.254 e. The summed E-state index contributed by atoms with van der Waals surface area (Å²) in [6.07, 6.45) is 1.34. The largest absolute Gasteiger partial charge is 0.393 e. The number of nitrogens with zero attached hydrogens (tertiary/aromatic N) is 1. The monoisotopic (exact) mass is 267 g/mol. The SMILES string of the molecule is O=C(c1cc(F)cc(F)c1)N1CC2CCC(O)C2C1. The quantitative estimate of drug-likeness (QED) is 0.843. The van der Waals surface area contributed by atoms with E-state index >= 15 is 0 Å². The number of hydrogen-bond acceptors (Lipinski definition) is 2. The van der Waals surface area contributed by atoms with E-state index in [0.29, 0.717) is 19.0 Å². The van der Waals surface area contributed by atoms with E-state index in [4.69, 9.17) is 0 Å². The number of carbonyl (C=O) groups is 1. The maximum atomic E-state index is 13.1. The molecule has 3 unspecified atom stereocenters. The van der Waals surface area contributed by atoms with E-state index in [0.717, 1.165) is 31.0 Å². The molecule has 19 heavy (non-hydrogen) atoms. The Kier molecular flexibility index (Phi) is 3.01. The smallest absolute Gasteiger partial charge is 0.254 e. The molecule has 1 aliphatic carbocycles. The number of amides is 1. The van der Waals surface area contributed by atoms with Crippen molar-refractivity contribution in [2.24, 2.45) is 11.8 Å². The Hall–Kier alpha value is -1.49. The molecule has 0 spiro atoms. The van der Waals surface area contributed by atoms with Gasteiger partial charge in [0.1, 0.15) is 11.6 Å². The number of hydrogen-bond donors (Lipinski definition) is 1. The summed E-state index contributed by atoms with van der Waals surface area (Å²) in [6, 6.07) is 2.85. The Bertz CT molecular complexity index is 500. The van der Waals surface area contributed by atoms with Crippen LogP contribution in [0.4, 0.5) is 8.78 Å². The summed E-state index contributed by atoms with van der Waals surface area (Å²) in [5, 5.41) is 9.80. The first kappa shape index (κ1) is 12.5. The van der Waals surface area contributed by atoms with Crippen molar-refractivity contribution in [1.29, 1.82) is 0 Å². The van der Waals surface area contributed by atoms with Crippen LogP contribution in [0.5, 0.6) is 0 Å². The lowest BCUT2D eigenvalue weighted by atomic mass is 10.00. The van der Waals surface area contributed by atoms with Gasteiger partial charge in [0.05, 0.1) is 6.10 Å². The highest BCUT2D eigenvalue weighted by Crippen LogP contribution is 2.38. The van der Waals surface area contributed by atoms with E-state index in [1.54, 1.807) is 4.90 Å². The van der Waals surface area contributed by atoms with Crippen LogP contribution in [0, 0.1) is 23.5 Å². The molecule has 0 bridgehead atoms. The minimum absolute atomic E-state index is 0.0342. The van der Waals surface area contributed by atoms with Gasteiger partial charge in [0.15, 0.2) is 0 Å². The zero-order valence-electron chi connectivity index (χ0n) is 10.4. The number of carbonyl (C=O) groups excluding carboxylic acids is 1. The van der Waals surface area contributed by atoms with Crippen LogP contribution in [0.1, 0.15) is 23.2 Å². The predicted molar refractivity (Wildman–Crippen MR) is 64.5 cm³/mol. The highest BCUT2D eigenvalue weighted by atomic mass is 19.1. The molecule has 2 aliphatic rings. The van der Waals surface area contributed by atoms with Gasteiger partial charge >= 0.3 is 0 Å². The molecule has 1 amide bonds. The third-order valence-electron chi connectivity index (χ3n) is 4.22. The van der Waals surface area contributed by atoms with Crippen LogP contribution in [0.2, 0.25) is 0 Å². The summed E-state index contributed by atoms with van der Waals surface area (Å²) < 4.78 is 26.2. The number of likely N-dealkylation sites (tertiary alicyclic amines) is 1. The number of rotatable bonds is 1. The van der Waals surface area contributed by atoms with Gasteiger partial charge in [0.2, 0.25) is 0 Å². The zero-order chi connectivity index (χ0) is 13.6. The summed E-state index contributed by atoms with van der Waals surface area (Å²) in [7, 11) is 0. The average molecular weight is 267 g/mol. The van der Waals surface area contributed by atoms with Crippen molar-refractivity contribution in [2.75, 3.05) is 13.1 Å². The number of aliphatic hydroxyl groups is 1. The molecule has 1 aromatic carbocycles. The molecule has 1 N–H and O–H groups in total. The normalized spacial score (nSPS) is 29.6. The molecule has 5 heteroatoms. The predicted octanol–water partition coefficient (Wildman–Crippen LogP) is 1.81. The molecule has 3 rings (SSSR count). The summed E-state index contributed by atoms with van der Waals surface area (Å²) in [5.74, 6) is -1.43. The Morgan fingerprint density at radius 1 is 1.16 bits per heavy atom. The van der Waals surface area contributed by atoms with Crippen LogP contribution in [0.3, 0.4) is 0 Å². The van der Waals surface area contributed by atoms with Crippen LogP contribution in [0.25, 0.3) is 0 Å². The fraction of sp³-hybridized carbons (Fsp3) is 0.500. The summed E-state index contributed by atoms with van der Waals surface area (Å²) >= 11 is 0. The van der Waals surface area contributed by atoms with Crippen molar-refractivity contribution in [3.05, 3.63) is 35.4 Å². The second-order valence-electron chi connectivity index (χ2n) is 5.44. The van der Waals surface area contributed by atoms with E-state index in [9.17, 15) is 18.7 Å². The third kappa shape index (κ3) is 2.23. The number of halogens is 2. The standard InChI is InChI=1S/C14H15F2NO2/c15-10-3-9(4-11(16)5-10)14(19)17-6-8-1-2-13(18)12(8)7-17/h3-5,8,12-13,18H,1-2,6-7H2. The van der Waals surface area contributed by atoms with Gasteiger partial charge in [-0.15, -0.1) is 0 Å². The molecular weight excluding hydrogens is 252 g/mol. The maximum absolute atomic E-state index is 13.1. The molecule has 1 aliphatic heterocycles. The lowest BCUT2D eigenvalue weighted by molar-refractivity contribution is 0.0751. The second kappa shape index (κ2) is 4.56. The van der Waals surface area contributed by atoms with Gasteiger partial charge < -0.3 is 10.0 Å². The first-order valence-corrected chi connectivity index (χ1v) is 6.48. The van der Waals surface area contributed by atoms with Crippen LogP contribution in [0.15, 0.2) is 18.2 Å². The molecular formula is C14H15F2NO2. The highest BCUT2D eigenvalue weighted by Gasteiger charge is 2.43. The Morgan fingerprint density at radius 3 is 2.47 bits per heavy atom. The fourth-order valence-corrected chi connectivity index (χ4v) is 3.26. The van der Waals surface area contributed by atoms with E-state index in [1.165, 1.54) is 0 Å². The van der Waals surface area contributed by atoms with Gasteiger partial charge in [-0.1, -0.05) is 0 Å². The lowest BCUT2D eigenvalue weighted by Gasteiger charge is -2.18. The number of benzene rings is 1. The first-order chi connectivity index (χ1) is 9.04. The molecule has 1 saturated carbocycles. The van der Waals surface area contributed by atoms with E-state index in [1.807, 2.05) is 0 Å². The van der Waals surface area contributed by atoms with Gasteiger partial charge in [-0.3, -0.25) is 4.79 Å². The van der Waals surface area contributed by atoms with Crippen molar-refractivity contribution in [2.45, 2.75) is 18.9 Å². The van der Waals surface area contributed by atoms with Gasteiger partial charge in [-0.25, -0.2) is 8.78 Å². The topological polar surface area (TPSA) is 40.5 Å². The Morgan fingerprint density at radius 2 is 1.84 bits per heavy atom. The Balaban J connectivity index is 1.78. The lowest BCUT2D eigenvalue weighted by Crippen LogP contribution is -2.31. The van der Waals surface area contributed by atoms with Crippen LogP contribution in [-0.2, 0) is 0 Å². The number of aliphatic hydroxyl groups excluding tert-OH is 1. The summed E-state index contributed by atoms with van der Waals surface area (Å²) in [5.41, 5.74) is 0.0342. The van der Waals surface area contributed by atoms with Crippen LogP contribution in [-0.4, -0.2) is 35.1 Å². The average Bonchev–Trinajstić information content (AvgIpc) is 2.90. The third-order valence-corrected chi connectivity index (χ3v) is 4.22. The fourth-order valence-electron chi connectivity index (χ4n) is 3.26. The van der Waals surface area contributed by atoms with Gasteiger partial charge in [0.25, 0.3) is 5.91 Å². The highest BCUT2D eigenvalue weighted by molar-refractivity contribution is 5.94. The molecule has 3 nitrogen and oxygen atoms in total. The van der Waals surface area contributed by atoms with Crippen molar-refractivity contribution in [1.82, 2.24) is 4.90 Å². The van der Waals surface area contributed by atoms with Crippen molar-refractivity contribution >= 4 is 5.91 Å². The van der Waals surface area contributed by atoms with E-state index in [-0.39, 0.29) is 23.5 Å². The molecule has 102 valence electrons. The van der Waals surface area contributed by atoms with Gasteiger partial charge in [-0.05, 0) is 30.9 Å². The minimum Gasteiger partial charge on any atom is -0.393 e. The second-order valence-corrected chi connectivity index (χ2v) is 5.44. The molecule has 2 fully saturated rings. The van der Waals surface area contributed by atoms with Gasteiger partial charge in [0, 0.05) is 30.6 Å². The van der Waals surface area contributed by atoms with Crippen LogP contribution < -0.4 is 0 Å². The zero-order valence-corrected chi connectivity index (χ0v) is 10.4.